The molecule has 0 amide bonds. The van der Waals surface area contributed by atoms with Crippen molar-refractivity contribution in [2.75, 3.05) is 46.2 Å². The molecule has 0 aromatic heterocycles. The maximum absolute atomic E-state index is 11.2. The Labute approximate surface area is 278 Å². The molecule has 3 heterocycles. The molecule has 46 heavy (non-hydrogen) atoms. The van der Waals surface area contributed by atoms with Crippen molar-refractivity contribution in [3.63, 3.8) is 0 Å². The lowest BCUT2D eigenvalue weighted by Crippen LogP contribution is -2.65. The van der Waals surface area contributed by atoms with E-state index >= 15 is 0 Å². The Hall–Kier alpha value is -0.440. The fourth-order valence-electron chi connectivity index (χ4n) is 5.96. The first-order valence-electron chi connectivity index (χ1n) is 18.3. The Morgan fingerprint density at radius 1 is 0.543 bits per heavy atom. The van der Waals surface area contributed by atoms with Crippen molar-refractivity contribution in [1.82, 2.24) is 0 Å². The van der Waals surface area contributed by atoms with Gasteiger partial charge in [-0.05, 0) is 46.0 Å². The average Bonchev–Trinajstić information content (AvgIpc) is 3.36. The van der Waals surface area contributed by atoms with Gasteiger partial charge in [0.05, 0.1) is 13.2 Å². The van der Waals surface area contributed by atoms with Gasteiger partial charge in [-0.1, -0.05) is 66.7 Å². The van der Waals surface area contributed by atoms with Gasteiger partial charge in [0.2, 0.25) is 0 Å². The molecule has 3 aliphatic rings. The highest BCUT2D eigenvalue weighted by atomic mass is 16.8. The summed E-state index contributed by atoms with van der Waals surface area (Å²) in [5, 5.41) is 11.2. The molecule has 0 saturated carbocycles. The van der Waals surface area contributed by atoms with Crippen LogP contribution in [0.15, 0.2) is 0 Å². The largest absolute Gasteiger partial charge is 0.379 e. The number of unbranched alkanes of at least 4 members (excludes halogenated alkanes) is 5. The van der Waals surface area contributed by atoms with Gasteiger partial charge >= 0.3 is 0 Å². The maximum atomic E-state index is 11.2. The lowest BCUT2D eigenvalue weighted by Gasteiger charge is -2.48. The van der Waals surface area contributed by atoms with Crippen LogP contribution in [0.4, 0.5) is 0 Å². The minimum Gasteiger partial charge on any atom is -0.379 e. The topological polar surface area (TPSA) is 113 Å². The first-order valence-corrected chi connectivity index (χ1v) is 18.3. The van der Waals surface area contributed by atoms with Crippen LogP contribution in [-0.2, 0) is 47.4 Å². The third-order valence-electron chi connectivity index (χ3n) is 8.60. The molecule has 11 heteroatoms. The van der Waals surface area contributed by atoms with Crippen molar-refractivity contribution in [2.24, 2.45) is 0 Å². The van der Waals surface area contributed by atoms with Crippen molar-refractivity contribution >= 4 is 0 Å². The van der Waals surface area contributed by atoms with E-state index in [1.165, 1.54) is 0 Å². The third-order valence-corrected chi connectivity index (χ3v) is 8.60. The van der Waals surface area contributed by atoms with Gasteiger partial charge in [0.15, 0.2) is 18.4 Å². The molecule has 0 aliphatic carbocycles. The normalized spacial score (nSPS) is 34.2. The number of fused-ring (bicyclic) bond motifs is 1. The average molecular weight is 663 g/mol. The number of aliphatic hydroxyl groups is 1. The van der Waals surface area contributed by atoms with Crippen LogP contribution < -0.4 is 0 Å². The van der Waals surface area contributed by atoms with E-state index in [1.54, 1.807) is 0 Å². The molecule has 0 aromatic rings. The molecule has 10 atom stereocenters. The van der Waals surface area contributed by atoms with Gasteiger partial charge in [0, 0.05) is 33.0 Å². The van der Waals surface area contributed by atoms with Crippen LogP contribution in [0.3, 0.4) is 0 Å². The number of rotatable bonds is 24. The smallest absolute Gasteiger partial charge is 0.187 e. The van der Waals surface area contributed by atoms with Crippen molar-refractivity contribution in [3.8, 4) is 0 Å². The van der Waals surface area contributed by atoms with E-state index in [9.17, 15) is 5.11 Å². The monoisotopic (exact) mass is 662 g/mol. The second-order valence-electron chi connectivity index (χ2n) is 13.2. The summed E-state index contributed by atoms with van der Waals surface area (Å²) < 4.78 is 64.0. The van der Waals surface area contributed by atoms with E-state index < -0.39 is 61.1 Å². The van der Waals surface area contributed by atoms with E-state index in [4.69, 9.17) is 47.4 Å². The zero-order chi connectivity index (χ0) is 33.4. The van der Waals surface area contributed by atoms with Crippen LogP contribution in [0.2, 0.25) is 0 Å². The van der Waals surface area contributed by atoms with Crippen molar-refractivity contribution in [3.05, 3.63) is 0 Å². The molecule has 0 radical (unpaired) electrons. The van der Waals surface area contributed by atoms with Crippen LogP contribution in [0, 0.1) is 0 Å². The summed E-state index contributed by atoms with van der Waals surface area (Å²) in [5.41, 5.74) is 0. The summed E-state index contributed by atoms with van der Waals surface area (Å²) in [6.07, 6.45) is 2.93. The van der Waals surface area contributed by atoms with Crippen molar-refractivity contribution in [1.29, 1.82) is 0 Å². The highest BCUT2D eigenvalue weighted by molar-refractivity contribution is 4.99. The van der Waals surface area contributed by atoms with E-state index in [0.29, 0.717) is 39.6 Å². The van der Waals surface area contributed by atoms with E-state index in [2.05, 4.69) is 34.6 Å². The van der Waals surface area contributed by atoms with Gasteiger partial charge < -0.3 is 52.5 Å². The summed E-state index contributed by atoms with van der Waals surface area (Å²) in [6.45, 7) is 17.7. The third kappa shape index (κ3) is 12.2. The van der Waals surface area contributed by atoms with Crippen molar-refractivity contribution in [2.45, 2.75) is 180 Å². The summed E-state index contributed by atoms with van der Waals surface area (Å²) in [6, 6.07) is 0. The number of hydrogen-bond acceptors (Lipinski definition) is 11. The van der Waals surface area contributed by atoms with Gasteiger partial charge in [-0.3, -0.25) is 0 Å². The molecular weight excluding hydrogens is 596 g/mol. The molecular formula is C35H66O11. The van der Waals surface area contributed by atoms with Crippen molar-refractivity contribution < 1.29 is 52.5 Å². The predicted octanol–water partition coefficient (Wildman–Crippen LogP) is 5.52. The fraction of sp³-hybridized carbons (Fsp3) is 1.00. The molecule has 1 N–H and O–H groups in total. The summed E-state index contributed by atoms with van der Waals surface area (Å²) in [5.74, 6) is -0.820. The molecule has 3 saturated heterocycles. The van der Waals surface area contributed by atoms with Crippen LogP contribution in [0.5, 0.6) is 0 Å². The summed E-state index contributed by atoms with van der Waals surface area (Å²) in [7, 11) is 0. The molecule has 272 valence electrons. The SMILES string of the molecule is CCCCOCC1O[C@@H](O)C(OCCCC)C(OCCCC)[C@@H]1O[C@@H]1OC(COCCCC)[C@@H]2OC(C)(C)OC2C1OCCCC. The molecule has 6 unspecified atom stereocenters. The van der Waals surface area contributed by atoms with Crippen LogP contribution in [-0.4, -0.2) is 119 Å². The second-order valence-corrected chi connectivity index (χ2v) is 13.2. The first-order chi connectivity index (χ1) is 22.3. The van der Waals surface area contributed by atoms with Gasteiger partial charge in [0.1, 0.15) is 48.8 Å². The summed E-state index contributed by atoms with van der Waals surface area (Å²) in [4.78, 5) is 0. The zero-order valence-electron chi connectivity index (χ0n) is 29.8. The molecule has 3 fully saturated rings. The van der Waals surface area contributed by atoms with Crippen LogP contribution in [0.25, 0.3) is 0 Å². The van der Waals surface area contributed by atoms with E-state index in [0.717, 1.165) is 64.2 Å². The highest BCUT2D eigenvalue weighted by Crippen LogP contribution is 2.40. The predicted molar refractivity (Wildman–Crippen MR) is 174 cm³/mol. The lowest BCUT2D eigenvalue weighted by molar-refractivity contribution is -0.360. The Morgan fingerprint density at radius 2 is 1.02 bits per heavy atom. The Balaban J connectivity index is 1.94. The molecule has 11 nitrogen and oxygen atoms in total. The fourth-order valence-corrected chi connectivity index (χ4v) is 5.96. The van der Waals surface area contributed by atoms with Gasteiger partial charge in [-0.15, -0.1) is 0 Å². The minimum atomic E-state index is -1.19. The van der Waals surface area contributed by atoms with E-state index in [-0.39, 0.29) is 12.7 Å². The maximum Gasteiger partial charge on any atom is 0.187 e. The Morgan fingerprint density at radius 3 is 1.59 bits per heavy atom. The molecule has 3 rings (SSSR count). The number of ether oxygens (including phenoxy) is 10. The minimum absolute atomic E-state index is 0.230. The molecule has 3 aliphatic heterocycles. The lowest BCUT2D eigenvalue weighted by atomic mass is 9.96. The second kappa shape index (κ2) is 21.6. The summed E-state index contributed by atoms with van der Waals surface area (Å²) >= 11 is 0. The van der Waals surface area contributed by atoms with Gasteiger partial charge in [-0.25, -0.2) is 0 Å². The molecule has 0 bridgehead atoms. The van der Waals surface area contributed by atoms with Crippen LogP contribution >= 0.6 is 0 Å². The molecule has 0 spiro atoms. The van der Waals surface area contributed by atoms with Gasteiger partial charge in [0.25, 0.3) is 0 Å². The Bertz CT molecular complexity index is 786. The quantitative estimate of drug-likeness (QED) is 0.132. The number of aliphatic hydroxyl groups excluding tert-OH is 1. The number of hydrogen-bond donors (Lipinski definition) is 1. The van der Waals surface area contributed by atoms with Gasteiger partial charge in [-0.2, -0.15) is 0 Å². The Kier molecular flexibility index (Phi) is 18.8. The van der Waals surface area contributed by atoms with Crippen LogP contribution in [0.1, 0.15) is 113 Å². The first kappa shape index (κ1) is 40.0. The highest BCUT2D eigenvalue weighted by Gasteiger charge is 2.58. The zero-order valence-corrected chi connectivity index (χ0v) is 29.8. The standard InChI is InChI=1S/C35H66O11/c1-8-13-18-37-23-25-27(29(39-20-15-10-3)31(33(36)42-25)40-21-16-11-4)44-34-32(41-22-17-12-5)30-28(45-35(6,7)46-30)26(43-34)24-38-19-14-9-2/h25-34,36H,8-24H2,1-7H3/t25?,26?,27-,28+,29?,30?,31?,32?,33-,34+/m1/s1. The van der Waals surface area contributed by atoms with E-state index in [1.807, 2.05) is 13.8 Å². The molecule has 0 aromatic carbocycles.